The maximum absolute atomic E-state index is 10.8. The molecular formula is C9H13ClN4O3. The summed E-state index contributed by atoms with van der Waals surface area (Å²) in [4.78, 5) is 17.5. The van der Waals surface area contributed by atoms with Gasteiger partial charge in [0, 0.05) is 0 Å². The standard InChI is InChI=1S/C9H13ClN4O3/c1-3-9(2,4-15)13-8-6(14(16)17)7(10)11-5-12-8/h5,15H,3-4H2,1-2H3,(H,11,12,13). The van der Waals surface area contributed by atoms with E-state index in [0.717, 1.165) is 6.33 Å². The van der Waals surface area contributed by atoms with Crippen LogP contribution in [-0.4, -0.2) is 32.1 Å². The Morgan fingerprint density at radius 2 is 2.29 bits per heavy atom. The van der Waals surface area contributed by atoms with Gasteiger partial charge < -0.3 is 10.4 Å². The van der Waals surface area contributed by atoms with E-state index >= 15 is 0 Å². The van der Waals surface area contributed by atoms with Gasteiger partial charge >= 0.3 is 5.69 Å². The normalized spacial score (nSPS) is 14.1. The summed E-state index contributed by atoms with van der Waals surface area (Å²) in [5.74, 6) is 0.00778. The molecule has 94 valence electrons. The molecule has 1 atom stereocenters. The van der Waals surface area contributed by atoms with Crippen LogP contribution < -0.4 is 5.32 Å². The van der Waals surface area contributed by atoms with Crippen LogP contribution in [0.25, 0.3) is 0 Å². The molecule has 1 rings (SSSR count). The second-order valence-electron chi connectivity index (χ2n) is 3.82. The third-order valence-electron chi connectivity index (χ3n) is 2.51. The van der Waals surface area contributed by atoms with Crippen molar-refractivity contribution in [3.05, 3.63) is 21.6 Å². The maximum Gasteiger partial charge on any atom is 0.348 e. The summed E-state index contributed by atoms with van der Waals surface area (Å²) in [6.07, 6.45) is 1.70. The highest BCUT2D eigenvalue weighted by Gasteiger charge is 2.28. The number of nitrogens with zero attached hydrogens (tertiary/aromatic N) is 3. The van der Waals surface area contributed by atoms with Crippen LogP contribution in [0.1, 0.15) is 20.3 Å². The summed E-state index contributed by atoms with van der Waals surface area (Å²) in [5.41, 5.74) is -1.08. The number of aliphatic hydroxyl groups excluding tert-OH is 1. The van der Waals surface area contributed by atoms with Crippen LogP contribution in [0.3, 0.4) is 0 Å². The van der Waals surface area contributed by atoms with Gasteiger partial charge in [0.1, 0.15) is 6.33 Å². The summed E-state index contributed by atoms with van der Waals surface area (Å²) >= 11 is 5.64. The molecule has 17 heavy (non-hydrogen) atoms. The summed E-state index contributed by atoms with van der Waals surface area (Å²) in [5, 5.41) is 22.7. The molecule has 1 unspecified atom stereocenters. The fraction of sp³-hybridized carbons (Fsp3) is 0.556. The first-order chi connectivity index (χ1) is 7.93. The van der Waals surface area contributed by atoms with Crippen LogP contribution in [0.5, 0.6) is 0 Å². The zero-order valence-electron chi connectivity index (χ0n) is 9.47. The van der Waals surface area contributed by atoms with E-state index in [2.05, 4.69) is 15.3 Å². The number of hydrogen-bond acceptors (Lipinski definition) is 6. The van der Waals surface area contributed by atoms with Crippen molar-refractivity contribution >= 4 is 23.1 Å². The molecule has 0 aromatic carbocycles. The Morgan fingerprint density at radius 1 is 1.65 bits per heavy atom. The van der Waals surface area contributed by atoms with Gasteiger partial charge in [-0.15, -0.1) is 0 Å². The number of anilines is 1. The van der Waals surface area contributed by atoms with Crippen LogP contribution in [-0.2, 0) is 0 Å². The second kappa shape index (κ2) is 5.24. The van der Waals surface area contributed by atoms with Gasteiger partial charge in [0.15, 0.2) is 0 Å². The molecule has 0 radical (unpaired) electrons. The second-order valence-corrected chi connectivity index (χ2v) is 4.17. The van der Waals surface area contributed by atoms with E-state index in [1.54, 1.807) is 6.92 Å². The fourth-order valence-electron chi connectivity index (χ4n) is 1.14. The lowest BCUT2D eigenvalue weighted by atomic mass is 10.0. The van der Waals surface area contributed by atoms with Crippen molar-refractivity contribution in [3.63, 3.8) is 0 Å². The van der Waals surface area contributed by atoms with Crippen LogP contribution in [0, 0.1) is 10.1 Å². The topological polar surface area (TPSA) is 101 Å². The van der Waals surface area contributed by atoms with Crippen LogP contribution >= 0.6 is 11.6 Å². The monoisotopic (exact) mass is 260 g/mol. The average molecular weight is 261 g/mol. The van der Waals surface area contributed by atoms with Crippen LogP contribution in [0.2, 0.25) is 5.15 Å². The zero-order chi connectivity index (χ0) is 13.1. The van der Waals surface area contributed by atoms with Crippen LogP contribution in [0.4, 0.5) is 11.5 Å². The van der Waals surface area contributed by atoms with Gasteiger partial charge in [-0.2, -0.15) is 0 Å². The van der Waals surface area contributed by atoms with Gasteiger partial charge in [0.05, 0.1) is 17.1 Å². The lowest BCUT2D eigenvalue weighted by Gasteiger charge is -2.27. The largest absolute Gasteiger partial charge is 0.394 e. The molecule has 0 aliphatic heterocycles. The van der Waals surface area contributed by atoms with Gasteiger partial charge in [-0.25, -0.2) is 9.97 Å². The SMILES string of the molecule is CCC(C)(CO)Nc1ncnc(Cl)c1[N+](=O)[O-]. The molecule has 0 amide bonds. The Morgan fingerprint density at radius 3 is 2.76 bits per heavy atom. The van der Waals surface area contributed by atoms with E-state index in [4.69, 9.17) is 11.6 Å². The number of aromatic nitrogens is 2. The van der Waals surface area contributed by atoms with Crippen molar-refractivity contribution in [2.45, 2.75) is 25.8 Å². The maximum atomic E-state index is 10.8. The van der Waals surface area contributed by atoms with Crippen molar-refractivity contribution < 1.29 is 10.0 Å². The predicted octanol–water partition coefficient (Wildman–Crippen LogP) is 1.61. The van der Waals surface area contributed by atoms with Gasteiger partial charge in [0.2, 0.25) is 11.0 Å². The molecule has 2 N–H and O–H groups in total. The lowest BCUT2D eigenvalue weighted by Crippen LogP contribution is -2.38. The number of halogens is 1. The molecule has 0 saturated heterocycles. The molecule has 0 aliphatic carbocycles. The van der Waals surface area contributed by atoms with Crippen molar-refractivity contribution in [1.82, 2.24) is 9.97 Å². The summed E-state index contributed by atoms with van der Waals surface area (Å²) in [6.45, 7) is 3.40. The highest BCUT2D eigenvalue weighted by molar-refractivity contribution is 6.31. The van der Waals surface area contributed by atoms with E-state index in [-0.39, 0.29) is 23.3 Å². The quantitative estimate of drug-likeness (QED) is 0.474. The Labute approximate surface area is 103 Å². The molecule has 7 nitrogen and oxygen atoms in total. The van der Waals surface area contributed by atoms with Crippen LogP contribution in [0.15, 0.2) is 6.33 Å². The summed E-state index contributed by atoms with van der Waals surface area (Å²) < 4.78 is 0. The predicted molar refractivity (Wildman–Crippen MR) is 63.1 cm³/mol. The van der Waals surface area contributed by atoms with Crippen molar-refractivity contribution in [2.24, 2.45) is 0 Å². The van der Waals surface area contributed by atoms with Crippen molar-refractivity contribution in [2.75, 3.05) is 11.9 Å². The first-order valence-corrected chi connectivity index (χ1v) is 5.35. The number of nitro groups is 1. The van der Waals surface area contributed by atoms with Gasteiger partial charge in [-0.3, -0.25) is 10.1 Å². The zero-order valence-corrected chi connectivity index (χ0v) is 10.2. The van der Waals surface area contributed by atoms with E-state index < -0.39 is 10.5 Å². The molecule has 0 aliphatic rings. The Bertz CT molecular complexity index is 423. The van der Waals surface area contributed by atoms with Crippen molar-refractivity contribution in [1.29, 1.82) is 0 Å². The first-order valence-electron chi connectivity index (χ1n) is 4.97. The molecule has 0 fully saturated rings. The highest BCUT2D eigenvalue weighted by atomic mass is 35.5. The third-order valence-corrected chi connectivity index (χ3v) is 2.79. The third kappa shape index (κ3) is 3.01. The Balaban J connectivity index is 3.15. The molecule has 1 aromatic rings. The Kier molecular flexibility index (Phi) is 4.19. The Hall–Kier alpha value is -1.47. The smallest absolute Gasteiger partial charge is 0.348 e. The van der Waals surface area contributed by atoms with Gasteiger partial charge in [-0.1, -0.05) is 18.5 Å². The summed E-state index contributed by atoms with van der Waals surface area (Å²) in [6, 6.07) is 0. The number of aliphatic hydroxyl groups is 1. The average Bonchev–Trinajstić information content (AvgIpc) is 2.28. The van der Waals surface area contributed by atoms with Crippen molar-refractivity contribution in [3.8, 4) is 0 Å². The molecule has 1 heterocycles. The first kappa shape index (κ1) is 13.6. The number of nitrogens with one attached hydrogen (secondary N) is 1. The lowest BCUT2D eigenvalue weighted by molar-refractivity contribution is -0.384. The molecule has 0 saturated carbocycles. The number of rotatable bonds is 5. The number of hydrogen-bond donors (Lipinski definition) is 2. The minimum atomic E-state index is -0.692. The van der Waals surface area contributed by atoms with Gasteiger partial charge in [0.25, 0.3) is 0 Å². The van der Waals surface area contributed by atoms with E-state index in [9.17, 15) is 15.2 Å². The highest BCUT2D eigenvalue weighted by Crippen LogP contribution is 2.30. The van der Waals surface area contributed by atoms with E-state index in [1.165, 1.54) is 0 Å². The molecule has 0 spiro atoms. The minimum absolute atomic E-state index is 0.00778. The molecule has 8 heteroatoms. The molecule has 1 aromatic heterocycles. The van der Waals surface area contributed by atoms with E-state index in [1.807, 2.05) is 6.92 Å². The minimum Gasteiger partial charge on any atom is -0.394 e. The molecule has 0 bridgehead atoms. The fourth-order valence-corrected chi connectivity index (χ4v) is 1.34. The molecular weight excluding hydrogens is 248 g/mol. The van der Waals surface area contributed by atoms with Gasteiger partial charge in [-0.05, 0) is 13.3 Å². The summed E-state index contributed by atoms with van der Waals surface area (Å²) in [7, 11) is 0. The van der Waals surface area contributed by atoms with E-state index in [0.29, 0.717) is 6.42 Å².